The molecule has 296 valence electrons. The van der Waals surface area contributed by atoms with Crippen LogP contribution >= 0.6 is 0 Å². The number of ether oxygens (including phenoxy) is 2. The van der Waals surface area contributed by atoms with E-state index in [0.29, 0.717) is 37.4 Å². The summed E-state index contributed by atoms with van der Waals surface area (Å²) in [6, 6.07) is 17.7. The standard InChI is InChI=1S/C42H51N7O7/c1-24(2)35(46-41(53)55-5)39(51)48-19-7-9-33(48)37-43-23-32(45-37)27-13-11-26(12-14-27)28-15-16-30-22-31(18-17-29(30)21-28)44-38(50)34-10-8-20-49(34)40(52)36(25(3)4)47-42(54)56-6/h11-18,21-25,33-36H,7-10,19-20H2,1-6H3,(H,43,45)(H,44,50)(H,46,53)(H,47,54)/t33-,34-,35-,36-/m0/s1. The maximum atomic E-state index is 13.5. The van der Waals surface area contributed by atoms with Crippen LogP contribution in [0.3, 0.4) is 0 Å². The van der Waals surface area contributed by atoms with Crippen molar-refractivity contribution in [3.63, 3.8) is 0 Å². The number of amides is 5. The molecule has 0 unspecified atom stereocenters. The fourth-order valence-corrected chi connectivity index (χ4v) is 7.59. The van der Waals surface area contributed by atoms with Gasteiger partial charge in [0, 0.05) is 30.5 Å². The van der Waals surface area contributed by atoms with Crippen LogP contribution in [0, 0.1) is 11.8 Å². The van der Waals surface area contributed by atoms with E-state index in [9.17, 15) is 24.0 Å². The number of methoxy groups -OCH3 is 2. The van der Waals surface area contributed by atoms with Crippen LogP contribution in [0.15, 0.2) is 66.9 Å². The van der Waals surface area contributed by atoms with E-state index in [1.54, 1.807) is 9.80 Å². The summed E-state index contributed by atoms with van der Waals surface area (Å²) in [7, 11) is 2.53. The topological polar surface area (TPSA) is 175 Å². The molecule has 14 nitrogen and oxygen atoms in total. The number of benzene rings is 3. The van der Waals surface area contributed by atoms with Crippen LogP contribution in [-0.2, 0) is 23.9 Å². The highest BCUT2D eigenvalue weighted by Gasteiger charge is 2.39. The minimum atomic E-state index is -0.797. The number of likely N-dealkylation sites (tertiary alicyclic amines) is 2. The summed E-state index contributed by atoms with van der Waals surface area (Å²) >= 11 is 0. The fourth-order valence-electron chi connectivity index (χ4n) is 7.59. The largest absolute Gasteiger partial charge is 0.453 e. The predicted molar refractivity (Wildman–Crippen MR) is 212 cm³/mol. The second-order valence-corrected chi connectivity index (χ2v) is 15.1. The molecule has 0 saturated carbocycles. The highest BCUT2D eigenvalue weighted by molar-refractivity contribution is 6.00. The van der Waals surface area contributed by atoms with Gasteiger partial charge in [0.15, 0.2) is 0 Å². The normalized spacial score (nSPS) is 17.9. The van der Waals surface area contributed by atoms with Gasteiger partial charge in [-0.15, -0.1) is 0 Å². The Bertz CT molecular complexity index is 2080. The van der Waals surface area contributed by atoms with Gasteiger partial charge in [0.05, 0.1) is 26.0 Å². The summed E-state index contributed by atoms with van der Waals surface area (Å²) in [5, 5.41) is 10.3. The van der Waals surface area contributed by atoms with E-state index in [2.05, 4.69) is 39.1 Å². The monoisotopic (exact) mass is 765 g/mol. The summed E-state index contributed by atoms with van der Waals surface area (Å²) in [4.78, 5) is 75.8. The number of alkyl carbamates (subject to hydrolysis) is 2. The van der Waals surface area contributed by atoms with Crippen molar-refractivity contribution in [3.8, 4) is 22.4 Å². The molecular weight excluding hydrogens is 715 g/mol. The van der Waals surface area contributed by atoms with Gasteiger partial charge < -0.3 is 40.2 Å². The van der Waals surface area contributed by atoms with Crippen LogP contribution < -0.4 is 16.0 Å². The molecule has 5 amide bonds. The van der Waals surface area contributed by atoms with Crippen molar-refractivity contribution in [2.75, 3.05) is 32.6 Å². The van der Waals surface area contributed by atoms with Crippen molar-refractivity contribution < 1.29 is 33.4 Å². The average Bonchev–Trinajstić information content (AvgIpc) is 4.00. The van der Waals surface area contributed by atoms with Gasteiger partial charge in [-0.25, -0.2) is 14.6 Å². The van der Waals surface area contributed by atoms with Crippen molar-refractivity contribution in [1.29, 1.82) is 0 Å². The third-order valence-electron chi connectivity index (χ3n) is 10.7. The van der Waals surface area contributed by atoms with E-state index in [1.807, 2.05) is 76.4 Å². The molecule has 0 radical (unpaired) electrons. The van der Waals surface area contributed by atoms with E-state index in [1.165, 1.54) is 14.2 Å². The highest BCUT2D eigenvalue weighted by atomic mass is 16.5. The third-order valence-corrected chi connectivity index (χ3v) is 10.7. The fraction of sp³-hybridized carbons (Fsp3) is 0.429. The number of hydrogen-bond acceptors (Lipinski definition) is 8. The van der Waals surface area contributed by atoms with Crippen LogP contribution in [0.2, 0.25) is 0 Å². The van der Waals surface area contributed by atoms with Gasteiger partial charge in [-0.3, -0.25) is 14.4 Å². The van der Waals surface area contributed by atoms with Crippen LogP contribution in [0.1, 0.15) is 65.2 Å². The Balaban J connectivity index is 1.11. The lowest BCUT2D eigenvalue weighted by molar-refractivity contribution is -0.139. The summed E-state index contributed by atoms with van der Waals surface area (Å²) in [5.74, 6) is -0.302. The van der Waals surface area contributed by atoms with Crippen LogP contribution in [0.5, 0.6) is 0 Å². The third kappa shape index (κ3) is 8.64. The molecule has 3 aromatic carbocycles. The number of aromatic amines is 1. The molecule has 2 aliphatic heterocycles. The summed E-state index contributed by atoms with van der Waals surface area (Å²) in [5.41, 5.74) is 4.40. The molecule has 14 heteroatoms. The van der Waals surface area contributed by atoms with E-state index in [-0.39, 0.29) is 35.6 Å². The molecule has 1 aromatic heterocycles. The molecule has 3 heterocycles. The van der Waals surface area contributed by atoms with Crippen molar-refractivity contribution in [2.24, 2.45) is 11.8 Å². The molecule has 0 bridgehead atoms. The minimum absolute atomic E-state index is 0.113. The average molecular weight is 766 g/mol. The Morgan fingerprint density at radius 2 is 1.27 bits per heavy atom. The number of carbonyl (C=O) groups excluding carboxylic acids is 5. The van der Waals surface area contributed by atoms with Crippen molar-refractivity contribution >= 4 is 46.4 Å². The lowest BCUT2D eigenvalue weighted by Crippen LogP contribution is -2.54. The Kier molecular flexibility index (Phi) is 12.3. The zero-order valence-corrected chi connectivity index (χ0v) is 32.8. The molecule has 2 fully saturated rings. The smallest absolute Gasteiger partial charge is 0.407 e. The van der Waals surface area contributed by atoms with E-state index < -0.39 is 30.3 Å². The molecule has 4 N–H and O–H groups in total. The molecule has 2 aliphatic rings. The van der Waals surface area contributed by atoms with Crippen LogP contribution in [-0.4, -0.2) is 95.1 Å². The molecule has 4 atom stereocenters. The molecule has 0 aliphatic carbocycles. The summed E-state index contributed by atoms with van der Waals surface area (Å²) < 4.78 is 9.46. The van der Waals surface area contributed by atoms with E-state index in [4.69, 9.17) is 14.5 Å². The summed E-state index contributed by atoms with van der Waals surface area (Å²) in [6.07, 6.45) is 3.38. The number of imidazole rings is 1. The van der Waals surface area contributed by atoms with Crippen LogP contribution in [0.4, 0.5) is 15.3 Å². The molecule has 2 saturated heterocycles. The molecule has 56 heavy (non-hydrogen) atoms. The lowest BCUT2D eigenvalue weighted by atomic mass is 9.99. The van der Waals surface area contributed by atoms with Gasteiger partial charge >= 0.3 is 12.2 Å². The first-order valence-corrected chi connectivity index (χ1v) is 19.2. The second kappa shape index (κ2) is 17.3. The van der Waals surface area contributed by atoms with Gasteiger partial charge in [-0.05, 0) is 77.6 Å². The Hall–Kier alpha value is -5.92. The second-order valence-electron chi connectivity index (χ2n) is 15.1. The SMILES string of the molecule is COC(=O)N[C@H](C(=O)N1CCC[C@H]1C(=O)Nc1ccc2cc(-c3ccc(-c4c[nH]c([C@@H]5CCCN5C(=O)[C@@H](NC(=O)OC)C(C)C)n4)cc3)ccc2c1)C(C)C. The van der Waals surface area contributed by atoms with Crippen molar-refractivity contribution in [3.05, 3.63) is 72.7 Å². The highest BCUT2D eigenvalue weighted by Crippen LogP contribution is 2.34. The summed E-state index contributed by atoms with van der Waals surface area (Å²) in [6.45, 7) is 8.48. The first-order chi connectivity index (χ1) is 26.9. The number of nitrogens with zero attached hydrogens (tertiary/aromatic N) is 3. The Morgan fingerprint density at radius 1 is 0.714 bits per heavy atom. The molecule has 6 rings (SSSR count). The number of H-pyrrole nitrogens is 1. The number of hydrogen-bond donors (Lipinski definition) is 4. The maximum Gasteiger partial charge on any atom is 0.407 e. The minimum Gasteiger partial charge on any atom is -0.453 e. The Morgan fingerprint density at radius 3 is 1.91 bits per heavy atom. The quantitative estimate of drug-likeness (QED) is 0.139. The number of rotatable bonds is 11. The van der Waals surface area contributed by atoms with E-state index in [0.717, 1.165) is 46.0 Å². The predicted octanol–water partition coefficient (Wildman–Crippen LogP) is 6.25. The zero-order chi connectivity index (χ0) is 40.1. The first kappa shape index (κ1) is 39.8. The van der Waals surface area contributed by atoms with Gasteiger partial charge in [0.1, 0.15) is 23.9 Å². The lowest BCUT2D eigenvalue weighted by Gasteiger charge is -2.30. The van der Waals surface area contributed by atoms with Crippen molar-refractivity contribution in [2.45, 2.75) is 77.5 Å². The number of anilines is 1. The van der Waals surface area contributed by atoms with Crippen molar-refractivity contribution in [1.82, 2.24) is 30.4 Å². The molecule has 4 aromatic rings. The maximum absolute atomic E-state index is 13.5. The van der Waals surface area contributed by atoms with Gasteiger partial charge in [-0.1, -0.05) is 70.2 Å². The number of carbonyl (C=O) groups is 5. The van der Waals surface area contributed by atoms with Gasteiger partial charge in [0.25, 0.3) is 0 Å². The molecular formula is C42H51N7O7. The molecule has 0 spiro atoms. The number of nitrogens with one attached hydrogen (secondary N) is 4. The zero-order valence-electron chi connectivity index (χ0n) is 32.8. The number of aromatic nitrogens is 2. The number of fused-ring (bicyclic) bond motifs is 1. The van der Waals surface area contributed by atoms with Gasteiger partial charge in [-0.2, -0.15) is 0 Å². The van der Waals surface area contributed by atoms with Gasteiger partial charge in [0.2, 0.25) is 17.7 Å². The van der Waals surface area contributed by atoms with E-state index >= 15 is 0 Å². The Labute approximate surface area is 326 Å². The first-order valence-electron chi connectivity index (χ1n) is 19.2. The van der Waals surface area contributed by atoms with Crippen LogP contribution in [0.25, 0.3) is 33.2 Å².